The Kier molecular flexibility index (Phi) is 8.25. The molecule has 0 aromatic heterocycles. The summed E-state index contributed by atoms with van der Waals surface area (Å²) in [6.45, 7) is 6.85. The van der Waals surface area contributed by atoms with Gasteiger partial charge in [0.25, 0.3) is 0 Å². The summed E-state index contributed by atoms with van der Waals surface area (Å²) in [5.41, 5.74) is 2.53. The fraction of sp³-hybridized carbons (Fsp3) is 0.621. The van der Waals surface area contributed by atoms with Crippen LogP contribution in [-0.4, -0.2) is 92.8 Å². The molecule has 3 aliphatic heterocycles. The number of nitrogens with zero attached hydrogens (tertiary/aromatic N) is 1. The van der Waals surface area contributed by atoms with Gasteiger partial charge in [-0.3, -0.25) is 19.3 Å². The minimum absolute atomic E-state index is 0.0734. The Morgan fingerprint density at radius 2 is 1.90 bits per heavy atom. The number of carbonyl (C=O) groups excluding carboxylic acids is 3. The summed E-state index contributed by atoms with van der Waals surface area (Å²) in [4.78, 5) is 41.2. The van der Waals surface area contributed by atoms with Gasteiger partial charge in [0.05, 0.1) is 45.6 Å². The van der Waals surface area contributed by atoms with Crippen molar-refractivity contribution in [3.05, 3.63) is 41.1 Å². The van der Waals surface area contributed by atoms with E-state index in [0.717, 1.165) is 36.3 Å². The van der Waals surface area contributed by atoms with E-state index in [4.69, 9.17) is 14.2 Å². The summed E-state index contributed by atoms with van der Waals surface area (Å²) in [6, 6.07) is 6.35. The summed E-state index contributed by atoms with van der Waals surface area (Å²) < 4.78 is 16.1. The number of rotatable bonds is 11. The van der Waals surface area contributed by atoms with Crippen LogP contribution in [0.25, 0.3) is 0 Å². The number of hydrogen-bond donors (Lipinski definition) is 3. The highest BCUT2D eigenvalue weighted by Crippen LogP contribution is 2.44. The molecule has 1 saturated carbocycles. The smallest absolute Gasteiger partial charge is 0.242 e. The quantitative estimate of drug-likeness (QED) is 0.355. The molecule has 10 nitrogen and oxygen atoms in total. The van der Waals surface area contributed by atoms with Gasteiger partial charge in [0.2, 0.25) is 11.8 Å². The molecule has 3 N–H and O–H groups in total. The molecule has 1 aromatic rings. The Hall–Kier alpha value is -2.95. The zero-order valence-electron chi connectivity index (χ0n) is 23.1. The minimum atomic E-state index is -0.710. The number of nitrogens with one attached hydrogen (secondary N) is 3. The molecule has 0 bridgehead atoms. The molecule has 1 aromatic carbocycles. The Labute approximate surface area is 229 Å². The number of ether oxygens (including phenoxy) is 3. The third kappa shape index (κ3) is 6.45. The van der Waals surface area contributed by atoms with Crippen molar-refractivity contribution in [1.82, 2.24) is 20.9 Å². The van der Waals surface area contributed by atoms with Crippen LogP contribution in [0.1, 0.15) is 38.7 Å². The molecule has 10 heteroatoms. The van der Waals surface area contributed by atoms with Crippen LogP contribution < -0.4 is 20.7 Å². The lowest BCUT2D eigenvalue weighted by Crippen LogP contribution is -2.56. The lowest BCUT2D eigenvalue weighted by molar-refractivity contribution is -0.130. The number of methoxy groups -OCH3 is 1. The lowest BCUT2D eigenvalue weighted by Gasteiger charge is -2.43. The van der Waals surface area contributed by atoms with Crippen LogP contribution in [0, 0.1) is 5.92 Å². The van der Waals surface area contributed by atoms with E-state index < -0.39 is 11.6 Å². The van der Waals surface area contributed by atoms with Gasteiger partial charge in [-0.1, -0.05) is 12.1 Å². The third-order valence-electron chi connectivity index (χ3n) is 8.37. The molecule has 5 rings (SSSR count). The van der Waals surface area contributed by atoms with Crippen LogP contribution in [0.15, 0.2) is 35.5 Å². The molecule has 1 aliphatic carbocycles. The molecule has 2 saturated heterocycles. The van der Waals surface area contributed by atoms with Gasteiger partial charge < -0.3 is 30.2 Å². The van der Waals surface area contributed by atoms with Crippen LogP contribution >= 0.6 is 0 Å². The van der Waals surface area contributed by atoms with Crippen molar-refractivity contribution >= 4 is 17.6 Å². The molecule has 3 heterocycles. The van der Waals surface area contributed by atoms with Crippen LogP contribution in [-0.2, 0) is 30.3 Å². The standard InChI is InChI=1S/C29H40N4O6/c1-18(30-25(34)16-33-10-12-38-13-11-33)28(36)32-23(14-19-4-7-21(37-3)8-5-19)26-22-9-6-20(22)15-24(31-26)27(35)29(2)17-39-29/h4-5,7-8,18,20,23-24,31H,6,9-17H2,1-3H3,(H,30,34)(H,32,36). The molecular weight excluding hydrogens is 500 g/mol. The van der Waals surface area contributed by atoms with E-state index in [2.05, 4.69) is 16.0 Å². The van der Waals surface area contributed by atoms with Gasteiger partial charge in [0.1, 0.15) is 17.4 Å². The predicted octanol–water partition coefficient (Wildman–Crippen LogP) is 0.943. The van der Waals surface area contributed by atoms with Gasteiger partial charge in [0, 0.05) is 18.8 Å². The second-order valence-electron chi connectivity index (χ2n) is 11.3. The van der Waals surface area contributed by atoms with E-state index in [1.54, 1.807) is 14.0 Å². The number of Topliss-reactive ketones (excluding diaryl/α,β-unsaturated/α-hetero) is 1. The average Bonchev–Trinajstić information content (AvgIpc) is 3.67. The zero-order valence-corrected chi connectivity index (χ0v) is 23.1. The van der Waals surface area contributed by atoms with Gasteiger partial charge >= 0.3 is 0 Å². The van der Waals surface area contributed by atoms with Gasteiger partial charge in [-0.05, 0) is 68.7 Å². The second kappa shape index (κ2) is 11.7. The van der Waals surface area contributed by atoms with E-state index in [1.807, 2.05) is 36.1 Å². The van der Waals surface area contributed by atoms with Crippen molar-refractivity contribution in [3.8, 4) is 5.75 Å². The summed E-state index contributed by atoms with van der Waals surface area (Å²) in [7, 11) is 1.63. The highest BCUT2D eigenvalue weighted by atomic mass is 16.6. The number of ketones is 1. The molecule has 5 unspecified atom stereocenters. The number of morpholine rings is 1. The molecule has 5 atom stereocenters. The SMILES string of the molecule is COc1ccc(CC(NC(=O)C(C)NC(=O)CN2CCOCC2)C2=C3CCC3CC(C(=O)C3(C)CO3)N2)cc1. The Morgan fingerprint density at radius 1 is 1.18 bits per heavy atom. The molecule has 3 fully saturated rings. The van der Waals surface area contributed by atoms with E-state index in [0.29, 0.717) is 45.2 Å². The number of fused-ring (bicyclic) bond motifs is 1. The highest BCUT2D eigenvalue weighted by molar-refractivity contribution is 5.94. The number of allylic oxidation sites excluding steroid dienone is 1. The zero-order chi connectivity index (χ0) is 27.6. The minimum Gasteiger partial charge on any atom is -0.497 e. The normalized spacial score (nSPS) is 27.8. The van der Waals surface area contributed by atoms with E-state index in [1.165, 1.54) is 5.57 Å². The molecule has 2 amide bonds. The monoisotopic (exact) mass is 540 g/mol. The van der Waals surface area contributed by atoms with Crippen molar-refractivity contribution in [2.75, 3.05) is 46.6 Å². The number of carbonyl (C=O) groups is 3. The Bertz CT molecular complexity index is 1110. The van der Waals surface area contributed by atoms with Crippen LogP contribution in [0.4, 0.5) is 0 Å². The largest absolute Gasteiger partial charge is 0.497 e. The molecule has 0 spiro atoms. The fourth-order valence-corrected chi connectivity index (χ4v) is 5.68. The van der Waals surface area contributed by atoms with Gasteiger partial charge in [-0.15, -0.1) is 0 Å². The van der Waals surface area contributed by atoms with Crippen molar-refractivity contribution in [2.24, 2.45) is 5.92 Å². The first-order chi connectivity index (χ1) is 18.8. The lowest BCUT2D eigenvalue weighted by atomic mass is 9.70. The molecular formula is C29H40N4O6. The predicted molar refractivity (Wildman–Crippen MR) is 144 cm³/mol. The van der Waals surface area contributed by atoms with Crippen molar-refractivity contribution < 1.29 is 28.6 Å². The van der Waals surface area contributed by atoms with Crippen molar-refractivity contribution in [1.29, 1.82) is 0 Å². The number of benzene rings is 1. The summed E-state index contributed by atoms with van der Waals surface area (Å²) >= 11 is 0. The highest BCUT2D eigenvalue weighted by Gasteiger charge is 2.52. The van der Waals surface area contributed by atoms with Gasteiger partial charge in [0.15, 0.2) is 5.78 Å². The topological polar surface area (TPSA) is 122 Å². The molecule has 0 radical (unpaired) electrons. The second-order valence-corrected chi connectivity index (χ2v) is 11.3. The Balaban J connectivity index is 1.30. The first-order valence-corrected chi connectivity index (χ1v) is 14.0. The van der Waals surface area contributed by atoms with Gasteiger partial charge in [-0.2, -0.15) is 0 Å². The van der Waals surface area contributed by atoms with Crippen LogP contribution in [0.3, 0.4) is 0 Å². The van der Waals surface area contributed by atoms with Crippen LogP contribution in [0.2, 0.25) is 0 Å². The van der Waals surface area contributed by atoms with Gasteiger partial charge in [-0.25, -0.2) is 0 Å². The molecule has 212 valence electrons. The summed E-state index contributed by atoms with van der Waals surface area (Å²) in [5, 5.41) is 9.55. The number of amides is 2. The maximum Gasteiger partial charge on any atom is 0.242 e. The first-order valence-electron chi connectivity index (χ1n) is 14.0. The molecule has 4 aliphatic rings. The van der Waals surface area contributed by atoms with Crippen molar-refractivity contribution in [3.63, 3.8) is 0 Å². The molecule has 39 heavy (non-hydrogen) atoms. The maximum absolute atomic E-state index is 13.4. The summed E-state index contributed by atoms with van der Waals surface area (Å²) in [6.07, 6.45) is 3.28. The third-order valence-corrected chi connectivity index (χ3v) is 8.37. The maximum atomic E-state index is 13.4. The fourth-order valence-electron chi connectivity index (χ4n) is 5.68. The number of epoxide rings is 1. The van der Waals surface area contributed by atoms with E-state index >= 15 is 0 Å². The summed E-state index contributed by atoms with van der Waals surface area (Å²) in [5.74, 6) is 0.714. The van der Waals surface area contributed by atoms with E-state index in [-0.39, 0.29) is 36.2 Å². The first kappa shape index (κ1) is 27.6. The number of hydrogen-bond acceptors (Lipinski definition) is 8. The van der Waals surface area contributed by atoms with E-state index in [9.17, 15) is 14.4 Å². The average molecular weight is 541 g/mol. The van der Waals surface area contributed by atoms with Crippen molar-refractivity contribution in [2.45, 2.75) is 63.3 Å². The van der Waals surface area contributed by atoms with Crippen LogP contribution in [0.5, 0.6) is 5.75 Å². The Morgan fingerprint density at radius 3 is 2.51 bits per heavy atom.